The van der Waals surface area contributed by atoms with E-state index in [0.717, 1.165) is 5.56 Å². The number of hydrogen-bond acceptors (Lipinski definition) is 1. The van der Waals surface area contributed by atoms with Gasteiger partial charge in [-0.2, -0.15) is 0 Å². The Morgan fingerprint density at radius 3 is 1.88 bits per heavy atom. The molecule has 0 aromatic heterocycles. The maximum atomic E-state index is 5.34. The first kappa shape index (κ1) is 12.5. The predicted molar refractivity (Wildman–Crippen MR) is 67.9 cm³/mol. The van der Waals surface area contributed by atoms with Crippen molar-refractivity contribution >= 4 is 0 Å². The molecule has 2 radical (unpaired) electrons. The minimum Gasteiger partial charge on any atom is -0.326 e. The van der Waals surface area contributed by atoms with Crippen LogP contribution in [0.25, 0.3) is 0 Å². The van der Waals surface area contributed by atoms with Gasteiger partial charge in [0.1, 0.15) is 0 Å². The van der Waals surface area contributed by atoms with Crippen LogP contribution < -0.4 is 5.73 Å². The van der Waals surface area contributed by atoms with Gasteiger partial charge in [0.25, 0.3) is 0 Å². The van der Waals surface area contributed by atoms with Gasteiger partial charge in [0.15, 0.2) is 0 Å². The van der Waals surface area contributed by atoms with Crippen molar-refractivity contribution in [1.82, 2.24) is 0 Å². The molecule has 0 amide bonds. The fraction of sp³-hybridized carbons (Fsp3) is 0.200. The number of rotatable bonds is 1. The molecule has 0 fully saturated rings. The van der Waals surface area contributed by atoms with Gasteiger partial charge in [-0.05, 0) is 31.5 Å². The molecule has 0 atom stereocenters. The minimum absolute atomic E-state index is 0.620. The average Bonchev–Trinajstić information content (AvgIpc) is 2.31. The molecular formula is C15H17N. The number of aryl methyl sites for hydroxylation is 2. The minimum atomic E-state index is 0.620. The third kappa shape index (κ3) is 4.76. The van der Waals surface area contributed by atoms with Crippen LogP contribution in [0.4, 0.5) is 0 Å². The number of benzene rings is 2. The van der Waals surface area contributed by atoms with Crippen LogP contribution in [0.3, 0.4) is 0 Å². The summed E-state index contributed by atoms with van der Waals surface area (Å²) in [7, 11) is 0. The summed E-state index contributed by atoms with van der Waals surface area (Å²) in [6.45, 7) is 4.77. The molecule has 0 spiro atoms. The van der Waals surface area contributed by atoms with E-state index in [4.69, 9.17) is 5.73 Å². The molecule has 2 rings (SSSR count). The molecule has 0 aliphatic carbocycles. The van der Waals surface area contributed by atoms with Crippen molar-refractivity contribution in [1.29, 1.82) is 0 Å². The first-order valence-corrected chi connectivity index (χ1v) is 5.32. The molecule has 0 heterocycles. The molecule has 1 nitrogen and oxygen atoms in total. The van der Waals surface area contributed by atoms with Crippen LogP contribution >= 0.6 is 0 Å². The van der Waals surface area contributed by atoms with Gasteiger partial charge in [-0.1, -0.05) is 53.6 Å². The van der Waals surface area contributed by atoms with Gasteiger partial charge in [0, 0.05) is 6.54 Å². The van der Waals surface area contributed by atoms with E-state index in [1.165, 1.54) is 11.1 Å². The Labute approximate surface area is 97.9 Å². The highest BCUT2D eigenvalue weighted by Crippen LogP contribution is 1.99. The summed E-state index contributed by atoms with van der Waals surface area (Å²) < 4.78 is 0. The van der Waals surface area contributed by atoms with E-state index >= 15 is 0 Å². The normalized spacial score (nSPS) is 9.19. The quantitative estimate of drug-likeness (QED) is 0.771. The smallest absolute Gasteiger partial charge is 0.0178 e. The van der Waals surface area contributed by atoms with E-state index in [1.807, 2.05) is 36.4 Å². The van der Waals surface area contributed by atoms with Gasteiger partial charge in [0.05, 0.1) is 0 Å². The summed E-state index contributed by atoms with van der Waals surface area (Å²) in [6.07, 6.45) is 0. The van der Waals surface area contributed by atoms with Crippen LogP contribution in [-0.4, -0.2) is 0 Å². The zero-order chi connectivity index (χ0) is 11.8. The molecule has 16 heavy (non-hydrogen) atoms. The van der Waals surface area contributed by atoms with Crippen LogP contribution in [0.5, 0.6) is 0 Å². The molecule has 0 unspecified atom stereocenters. The van der Waals surface area contributed by atoms with Gasteiger partial charge in [-0.15, -0.1) is 0 Å². The van der Waals surface area contributed by atoms with Crippen molar-refractivity contribution in [2.75, 3.05) is 0 Å². The van der Waals surface area contributed by atoms with E-state index in [-0.39, 0.29) is 0 Å². The van der Waals surface area contributed by atoms with Crippen LogP contribution in [0.15, 0.2) is 42.5 Å². The highest BCUT2D eigenvalue weighted by molar-refractivity contribution is 5.19. The molecule has 0 saturated carbocycles. The zero-order valence-electron chi connectivity index (χ0n) is 9.83. The van der Waals surface area contributed by atoms with Crippen LogP contribution in [0, 0.1) is 26.0 Å². The van der Waals surface area contributed by atoms with Gasteiger partial charge < -0.3 is 5.73 Å². The first-order chi connectivity index (χ1) is 7.72. The van der Waals surface area contributed by atoms with E-state index in [0.29, 0.717) is 6.54 Å². The van der Waals surface area contributed by atoms with Gasteiger partial charge in [0.2, 0.25) is 0 Å². The summed E-state index contributed by atoms with van der Waals surface area (Å²) in [5, 5.41) is 0. The maximum Gasteiger partial charge on any atom is 0.0178 e. The maximum absolute atomic E-state index is 5.34. The van der Waals surface area contributed by atoms with Crippen molar-refractivity contribution in [3.8, 4) is 0 Å². The SMILES string of the molecule is Cc1c[c]cc(C)c1.NCc1cc[c]cc1. The van der Waals surface area contributed by atoms with Crippen molar-refractivity contribution in [3.63, 3.8) is 0 Å². The van der Waals surface area contributed by atoms with Crippen molar-refractivity contribution in [2.45, 2.75) is 20.4 Å². The molecule has 0 aliphatic rings. The highest BCUT2D eigenvalue weighted by atomic mass is 14.5. The largest absolute Gasteiger partial charge is 0.326 e. The van der Waals surface area contributed by atoms with Crippen LogP contribution in [0.2, 0.25) is 0 Å². The molecule has 82 valence electrons. The fourth-order valence-corrected chi connectivity index (χ4v) is 1.30. The first-order valence-electron chi connectivity index (χ1n) is 5.32. The lowest BCUT2D eigenvalue weighted by Gasteiger charge is -1.90. The lowest BCUT2D eigenvalue weighted by Crippen LogP contribution is -1.94. The lowest BCUT2D eigenvalue weighted by atomic mass is 10.2. The molecule has 2 aromatic carbocycles. The monoisotopic (exact) mass is 211 g/mol. The topological polar surface area (TPSA) is 26.0 Å². The standard InChI is InChI=1S/C8H9.C7H8N/c1-7-4-3-5-8(2)6-7;8-6-7-4-2-1-3-5-7/h4-6H,1-2H3;2-5H,6,8H2. The Hall–Kier alpha value is -1.60. The van der Waals surface area contributed by atoms with Gasteiger partial charge >= 0.3 is 0 Å². The second kappa shape index (κ2) is 6.81. The molecule has 0 saturated heterocycles. The Morgan fingerprint density at radius 2 is 1.56 bits per heavy atom. The van der Waals surface area contributed by atoms with Crippen LogP contribution in [-0.2, 0) is 6.54 Å². The Kier molecular flexibility index (Phi) is 5.30. The second-order valence-corrected chi connectivity index (χ2v) is 3.70. The number of nitrogens with two attached hydrogens (primary N) is 1. The van der Waals surface area contributed by atoms with E-state index in [2.05, 4.69) is 32.0 Å². The Balaban J connectivity index is 0.000000160. The molecule has 0 bridgehead atoms. The lowest BCUT2D eigenvalue weighted by molar-refractivity contribution is 1.07. The fourth-order valence-electron chi connectivity index (χ4n) is 1.30. The highest BCUT2D eigenvalue weighted by Gasteiger charge is 1.81. The predicted octanol–water partition coefficient (Wildman–Crippen LogP) is 3.05. The zero-order valence-corrected chi connectivity index (χ0v) is 9.83. The molecule has 2 N–H and O–H groups in total. The Morgan fingerprint density at radius 1 is 1.00 bits per heavy atom. The third-order valence-corrected chi connectivity index (χ3v) is 2.10. The third-order valence-electron chi connectivity index (χ3n) is 2.10. The summed E-state index contributed by atoms with van der Waals surface area (Å²) in [5.41, 5.74) is 9.06. The summed E-state index contributed by atoms with van der Waals surface area (Å²) >= 11 is 0. The summed E-state index contributed by atoms with van der Waals surface area (Å²) in [6, 6.07) is 19.7. The Bertz CT molecular complexity index is 390. The van der Waals surface area contributed by atoms with E-state index in [1.54, 1.807) is 0 Å². The van der Waals surface area contributed by atoms with Crippen molar-refractivity contribution in [2.24, 2.45) is 5.73 Å². The van der Waals surface area contributed by atoms with Gasteiger partial charge in [-0.25, -0.2) is 0 Å². The summed E-state index contributed by atoms with van der Waals surface area (Å²) in [5.74, 6) is 0. The number of hydrogen-bond donors (Lipinski definition) is 1. The molecule has 1 heteroatoms. The average molecular weight is 211 g/mol. The van der Waals surface area contributed by atoms with Crippen molar-refractivity contribution < 1.29 is 0 Å². The second-order valence-electron chi connectivity index (χ2n) is 3.70. The van der Waals surface area contributed by atoms with E-state index < -0.39 is 0 Å². The van der Waals surface area contributed by atoms with Crippen LogP contribution in [0.1, 0.15) is 16.7 Å². The van der Waals surface area contributed by atoms with Gasteiger partial charge in [-0.3, -0.25) is 0 Å². The molecule has 0 aliphatic heterocycles. The van der Waals surface area contributed by atoms with Crippen molar-refractivity contribution in [3.05, 3.63) is 71.3 Å². The molecular weight excluding hydrogens is 194 g/mol. The van der Waals surface area contributed by atoms with E-state index in [9.17, 15) is 0 Å². The molecule has 2 aromatic rings. The summed E-state index contributed by atoms with van der Waals surface area (Å²) in [4.78, 5) is 0.